The fourth-order valence-electron chi connectivity index (χ4n) is 2.62. The van der Waals surface area contributed by atoms with Crippen molar-refractivity contribution in [2.75, 3.05) is 35.7 Å². The van der Waals surface area contributed by atoms with E-state index in [0.717, 1.165) is 34.5 Å². The van der Waals surface area contributed by atoms with Crippen LogP contribution in [0.2, 0.25) is 0 Å². The minimum atomic E-state index is -4.52. The quantitative estimate of drug-likeness (QED) is 0.760. The van der Waals surface area contributed by atoms with E-state index < -0.39 is 18.6 Å². The number of halogens is 4. The van der Waals surface area contributed by atoms with Gasteiger partial charge in [0.15, 0.2) is 6.61 Å². The fraction of sp³-hybridized carbons (Fsp3) is 0.278. The first-order valence-corrected chi connectivity index (χ1v) is 9.07. The smallest absolute Gasteiger partial charge is 0.422 e. The highest BCUT2D eigenvalue weighted by molar-refractivity contribution is 7.99. The third-order valence-electron chi connectivity index (χ3n) is 3.79. The number of nitrogens with zero attached hydrogens (tertiary/aromatic N) is 1. The number of carbonyl (C=O) groups excluding carboxylic acids is 1. The maximum Gasteiger partial charge on any atom is 0.422 e. The van der Waals surface area contributed by atoms with Gasteiger partial charge in [0, 0.05) is 23.3 Å². The van der Waals surface area contributed by atoms with Gasteiger partial charge in [0.05, 0.1) is 17.9 Å². The highest BCUT2D eigenvalue weighted by Crippen LogP contribution is 2.34. The van der Waals surface area contributed by atoms with Crippen molar-refractivity contribution in [2.24, 2.45) is 0 Å². The standard InChI is InChI=1S/C18H16F4N2O2S/c19-12-5-6-15(26-11-18(20,21)22)13(9-12)23-10-17(25)24-7-8-27-16-4-2-1-3-14(16)24/h1-6,9,23H,7-8,10-11H2. The number of alkyl halides is 3. The van der Waals surface area contributed by atoms with E-state index in [1.54, 1.807) is 16.7 Å². The Morgan fingerprint density at radius 2 is 2.00 bits per heavy atom. The SMILES string of the molecule is O=C(CNc1cc(F)ccc1OCC(F)(F)F)N1CCSc2ccccc21. The molecule has 0 atom stereocenters. The predicted molar refractivity (Wildman–Crippen MR) is 96.0 cm³/mol. The second-order valence-electron chi connectivity index (χ2n) is 5.76. The summed E-state index contributed by atoms with van der Waals surface area (Å²) in [5.74, 6) is -0.350. The van der Waals surface area contributed by atoms with Crippen molar-refractivity contribution in [1.29, 1.82) is 0 Å². The van der Waals surface area contributed by atoms with Crippen molar-refractivity contribution in [1.82, 2.24) is 0 Å². The van der Waals surface area contributed by atoms with Gasteiger partial charge in [0.1, 0.15) is 11.6 Å². The lowest BCUT2D eigenvalue weighted by Gasteiger charge is -2.29. The largest absolute Gasteiger partial charge is 0.482 e. The van der Waals surface area contributed by atoms with Gasteiger partial charge in [-0.1, -0.05) is 12.1 Å². The van der Waals surface area contributed by atoms with E-state index in [0.29, 0.717) is 6.54 Å². The Bertz CT molecular complexity index is 829. The normalized spacial score (nSPS) is 13.9. The molecule has 0 aliphatic carbocycles. The summed E-state index contributed by atoms with van der Waals surface area (Å²) in [6.45, 7) is -1.19. The summed E-state index contributed by atoms with van der Waals surface area (Å²) in [5.41, 5.74) is 0.778. The number of rotatable bonds is 5. The van der Waals surface area contributed by atoms with Crippen LogP contribution in [-0.4, -0.2) is 37.5 Å². The zero-order valence-electron chi connectivity index (χ0n) is 14.1. The monoisotopic (exact) mass is 400 g/mol. The molecule has 0 radical (unpaired) electrons. The average Bonchev–Trinajstić information content (AvgIpc) is 2.64. The van der Waals surface area contributed by atoms with Crippen LogP contribution < -0.4 is 15.0 Å². The number of hydrogen-bond donors (Lipinski definition) is 1. The number of benzene rings is 2. The maximum absolute atomic E-state index is 13.5. The predicted octanol–water partition coefficient (Wildman–Crippen LogP) is 4.32. The number of ether oxygens (including phenoxy) is 1. The number of para-hydroxylation sites is 1. The number of fused-ring (bicyclic) bond motifs is 1. The van der Waals surface area contributed by atoms with E-state index in [4.69, 9.17) is 4.74 Å². The summed E-state index contributed by atoms with van der Waals surface area (Å²) in [7, 11) is 0. The van der Waals surface area contributed by atoms with Gasteiger partial charge >= 0.3 is 6.18 Å². The number of carbonyl (C=O) groups is 1. The zero-order valence-corrected chi connectivity index (χ0v) is 14.9. The first-order chi connectivity index (χ1) is 12.8. The molecule has 0 fully saturated rings. The molecule has 1 N–H and O–H groups in total. The van der Waals surface area contributed by atoms with Crippen molar-refractivity contribution in [2.45, 2.75) is 11.1 Å². The van der Waals surface area contributed by atoms with Crippen LogP contribution in [0.25, 0.3) is 0 Å². The summed E-state index contributed by atoms with van der Waals surface area (Å²) >= 11 is 1.65. The molecular formula is C18H16F4N2O2S. The second kappa shape index (κ2) is 8.08. The van der Waals surface area contributed by atoms with Crippen LogP contribution >= 0.6 is 11.8 Å². The van der Waals surface area contributed by atoms with Gasteiger partial charge in [-0.05, 0) is 24.3 Å². The Hall–Kier alpha value is -2.42. The topological polar surface area (TPSA) is 41.6 Å². The molecule has 1 aliphatic rings. The third kappa shape index (κ3) is 5.06. The van der Waals surface area contributed by atoms with Crippen LogP contribution in [0.5, 0.6) is 5.75 Å². The Morgan fingerprint density at radius 1 is 1.22 bits per heavy atom. The number of nitrogens with one attached hydrogen (secondary N) is 1. The Balaban J connectivity index is 1.70. The molecule has 0 aromatic heterocycles. The van der Waals surface area contributed by atoms with E-state index in [1.807, 2.05) is 24.3 Å². The Kier molecular flexibility index (Phi) is 5.79. The minimum Gasteiger partial charge on any atom is -0.482 e. The van der Waals surface area contributed by atoms with Crippen LogP contribution in [0.3, 0.4) is 0 Å². The molecule has 9 heteroatoms. The minimum absolute atomic E-state index is 0.00716. The number of hydrogen-bond acceptors (Lipinski definition) is 4. The van der Waals surface area contributed by atoms with E-state index in [2.05, 4.69) is 5.32 Å². The van der Waals surface area contributed by atoms with Gasteiger partial charge in [-0.25, -0.2) is 4.39 Å². The number of amides is 1. The Labute approximate surface area is 157 Å². The zero-order chi connectivity index (χ0) is 19.4. The maximum atomic E-state index is 13.5. The molecule has 0 bridgehead atoms. The van der Waals surface area contributed by atoms with Gasteiger partial charge in [0.25, 0.3) is 0 Å². The van der Waals surface area contributed by atoms with E-state index in [-0.39, 0.29) is 23.9 Å². The molecule has 27 heavy (non-hydrogen) atoms. The highest BCUT2D eigenvalue weighted by Gasteiger charge is 2.29. The molecule has 2 aromatic carbocycles. The second-order valence-corrected chi connectivity index (χ2v) is 6.90. The molecular weight excluding hydrogens is 384 g/mol. The summed E-state index contributed by atoms with van der Waals surface area (Å²) in [6.07, 6.45) is -4.52. The molecule has 2 aromatic rings. The molecule has 1 aliphatic heterocycles. The molecule has 1 amide bonds. The van der Waals surface area contributed by atoms with Crippen molar-refractivity contribution in [3.8, 4) is 5.75 Å². The lowest BCUT2D eigenvalue weighted by Crippen LogP contribution is -2.39. The molecule has 1 heterocycles. The van der Waals surface area contributed by atoms with Crippen molar-refractivity contribution >= 4 is 29.0 Å². The molecule has 4 nitrogen and oxygen atoms in total. The van der Waals surface area contributed by atoms with E-state index in [9.17, 15) is 22.4 Å². The first-order valence-electron chi connectivity index (χ1n) is 8.09. The molecule has 0 saturated carbocycles. The Morgan fingerprint density at radius 3 is 2.78 bits per heavy atom. The number of anilines is 2. The summed E-state index contributed by atoms with van der Waals surface area (Å²) < 4.78 is 55.3. The summed E-state index contributed by atoms with van der Waals surface area (Å²) in [5, 5.41) is 2.69. The van der Waals surface area contributed by atoms with Gasteiger partial charge in [-0.15, -0.1) is 11.8 Å². The van der Waals surface area contributed by atoms with Crippen LogP contribution in [0.15, 0.2) is 47.4 Å². The summed E-state index contributed by atoms with van der Waals surface area (Å²) in [6, 6.07) is 10.6. The third-order valence-corrected chi connectivity index (χ3v) is 4.84. The highest BCUT2D eigenvalue weighted by atomic mass is 32.2. The van der Waals surface area contributed by atoms with Gasteiger partial charge in [0.2, 0.25) is 5.91 Å². The number of thioether (sulfide) groups is 1. The van der Waals surface area contributed by atoms with Crippen molar-refractivity contribution in [3.63, 3.8) is 0 Å². The lowest BCUT2D eigenvalue weighted by molar-refractivity contribution is -0.153. The fourth-order valence-corrected chi connectivity index (χ4v) is 3.62. The van der Waals surface area contributed by atoms with Crippen molar-refractivity contribution < 1.29 is 27.1 Å². The average molecular weight is 400 g/mol. The van der Waals surface area contributed by atoms with Gasteiger partial charge < -0.3 is 15.0 Å². The molecule has 3 rings (SSSR count). The lowest BCUT2D eigenvalue weighted by atomic mass is 10.2. The van der Waals surface area contributed by atoms with Gasteiger partial charge in [-0.3, -0.25) is 4.79 Å². The van der Waals surface area contributed by atoms with Crippen LogP contribution in [-0.2, 0) is 4.79 Å². The molecule has 0 saturated heterocycles. The van der Waals surface area contributed by atoms with Gasteiger partial charge in [-0.2, -0.15) is 13.2 Å². The van der Waals surface area contributed by atoms with Crippen LogP contribution in [0, 0.1) is 5.82 Å². The first kappa shape index (κ1) is 19.3. The van der Waals surface area contributed by atoms with Crippen LogP contribution in [0.1, 0.15) is 0 Å². The molecule has 0 unspecified atom stereocenters. The van der Waals surface area contributed by atoms with Crippen LogP contribution in [0.4, 0.5) is 28.9 Å². The summed E-state index contributed by atoms with van der Waals surface area (Å²) in [4.78, 5) is 15.2. The van der Waals surface area contributed by atoms with E-state index in [1.165, 1.54) is 0 Å². The van der Waals surface area contributed by atoms with Crippen molar-refractivity contribution in [3.05, 3.63) is 48.3 Å². The molecule has 144 valence electrons. The van der Waals surface area contributed by atoms with E-state index >= 15 is 0 Å². The molecule has 0 spiro atoms.